The van der Waals surface area contributed by atoms with Crippen LogP contribution < -0.4 is 4.74 Å². The zero-order valence-corrected chi connectivity index (χ0v) is 16.5. The lowest BCUT2D eigenvalue weighted by atomic mass is 10.1. The van der Waals surface area contributed by atoms with Crippen molar-refractivity contribution in [3.8, 4) is 39.4 Å². The number of H-pyrrole nitrogens is 2. The minimum Gasteiger partial charge on any atom is -0.495 e. The molecule has 6 heterocycles. The molecule has 0 fully saturated rings. The normalized spacial score (nSPS) is 11.4. The van der Waals surface area contributed by atoms with Crippen molar-refractivity contribution < 1.29 is 9.15 Å². The van der Waals surface area contributed by atoms with Crippen LogP contribution in [-0.4, -0.2) is 37.2 Å². The van der Waals surface area contributed by atoms with E-state index in [4.69, 9.17) is 9.15 Å². The molecule has 0 aliphatic carbocycles. The summed E-state index contributed by atoms with van der Waals surface area (Å²) in [5.41, 5.74) is 7.15. The SMILES string of the molecule is COc1cncc(-c2cnc3n[nH]c(-c4cc5c(-c6ccoc6)cncc5[nH]4)c3c2)c1. The van der Waals surface area contributed by atoms with E-state index in [2.05, 4.69) is 42.3 Å². The molecule has 0 saturated heterocycles. The van der Waals surface area contributed by atoms with Crippen molar-refractivity contribution >= 4 is 21.9 Å². The van der Waals surface area contributed by atoms with Gasteiger partial charge >= 0.3 is 0 Å². The number of nitrogens with one attached hydrogen (secondary N) is 2. The van der Waals surface area contributed by atoms with Crippen LogP contribution in [0.5, 0.6) is 5.75 Å². The Labute approximate surface area is 176 Å². The van der Waals surface area contributed by atoms with Gasteiger partial charge in [-0.15, -0.1) is 0 Å². The van der Waals surface area contributed by atoms with Crippen molar-refractivity contribution in [2.24, 2.45) is 0 Å². The molecule has 31 heavy (non-hydrogen) atoms. The van der Waals surface area contributed by atoms with Crippen LogP contribution in [0.15, 0.2) is 72.2 Å². The monoisotopic (exact) mass is 408 g/mol. The molecule has 0 amide bonds. The third kappa shape index (κ3) is 2.84. The number of aromatic amines is 2. The zero-order chi connectivity index (χ0) is 20.8. The maximum Gasteiger partial charge on any atom is 0.181 e. The summed E-state index contributed by atoms with van der Waals surface area (Å²) >= 11 is 0. The first-order valence-corrected chi connectivity index (χ1v) is 9.63. The van der Waals surface area contributed by atoms with Gasteiger partial charge in [-0.1, -0.05) is 0 Å². The summed E-state index contributed by atoms with van der Waals surface area (Å²) in [5.74, 6) is 0.694. The molecule has 0 aliphatic rings. The lowest BCUT2D eigenvalue weighted by Crippen LogP contribution is -1.87. The fourth-order valence-electron chi connectivity index (χ4n) is 3.78. The summed E-state index contributed by atoms with van der Waals surface area (Å²) < 4.78 is 10.5. The van der Waals surface area contributed by atoms with Gasteiger partial charge < -0.3 is 14.1 Å². The summed E-state index contributed by atoms with van der Waals surface area (Å²) in [6.45, 7) is 0. The number of furan rings is 1. The lowest BCUT2D eigenvalue weighted by molar-refractivity contribution is 0.413. The number of hydrogen-bond donors (Lipinski definition) is 2. The standard InChI is InChI=1S/C23H16N6O2/c1-30-16-4-14(7-24-9-16)15-5-18-22(28-29-23(18)26-8-15)20-6-17-19(13-2-3-31-12-13)10-25-11-21(17)27-20/h2-12,27H,1H3,(H,26,28,29). The predicted molar refractivity (Wildman–Crippen MR) is 116 cm³/mol. The second kappa shape index (κ2) is 6.81. The summed E-state index contributed by atoms with van der Waals surface area (Å²) in [7, 11) is 1.62. The van der Waals surface area contributed by atoms with E-state index in [1.807, 2.05) is 24.5 Å². The maximum absolute atomic E-state index is 5.30. The lowest BCUT2D eigenvalue weighted by Gasteiger charge is -2.04. The first-order chi connectivity index (χ1) is 15.3. The van der Waals surface area contributed by atoms with E-state index in [0.29, 0.717) is 11.4 Å². The number of methoxy groups -OCH3 is 1. The second-order valence-electron chi connectivity index (χ2n) is 7.15. The Morgan fingerprint density at radius 2 is 1.81 bits per heavy atom. The van der Waals surface area contributed by atoms with Crippen molar-refractivity contribution in [1.29, 1.82) is 0 Å². The van der Waals surface area contributed by atoms with Crippen molar-refractivity contribution in [3.63, 3.8) is 0 Å². The summed E-state index contributed by atoms with van der Waals surface area (Å²) in [6, 6.07) is 8.00. The Morgan fingerprint density at radius 1 is 0.903 bits per heavy atom. The van der Waals surface area contributed by atoms with Crippen LogP contribution in [0, 0.1) is 0 Å². The van der Waals surface area contributed by atoms with Gasteiger partial charge in [0.1, 0.15) is 5.75 Å². The third-order valence-electron chi connectivity index (χ3n) is 5.34. The molecule has 6 aromatic rings. The molecule has 8 nitrogen and oxygen atoms in total. The van der Waals surface area contributed by atoms with Gasteiger partial charge in [0.15, 0.2) is 5.65 Å². The van der Waals surface area contributed by atoms with E-state index in [1.165, 1.54) is 0 Å². The van der Waals surface area contributed by atoms with Gasteiger partial charge in [-0.2, -0.15) is 5.10 Å². The molecule has 6 rings (SSSR count). The summed E-state index contributed by atoms with van der Waals surface area (Å²) in [5, 5.41) is 9.46. The van der Waals surface area contributed by atoms with Crippen LogP contribution in [0.3, 0.4) is 0 Å². The number of nitrogens with zero attached hydrogens (tertiary/aromatic N) is 4. The van der Waals surface area contributed by atoms with Crippen LogP contribution in [-0.2, 0) is 0 Å². The average molecular weight is 408 g/mol. The quantitative estimate of drug-likeness (QED) is 0.433. The molecule has 0 aromatic carbocycles. The van der Waals surface area contributed by atoms with Gasteiger partial charge in [-0.05, 0) is 24.3 Å². The van der Waals surface area contributed by atoms with E-state index < -0.39 is 0 Å². The molecule has 0 saturated carbocycles. The van der Waals surface area contributed by atoms with E-state index in [0.717, 1.165) is 49.9 Å². The molecular weight excluding hydrogens is 392 g/mol. The van der Waals surface area contributed by atoms with Crippen LogP contribution >= 0.6 is 0 Å². The molecule has 0 aliphatic heterocycles. The molecule has 2 N–H and O–H groups in total. The Balaban J connectivity index is 1.50. The zero-order valence-electron chi connectivity index (χ0n) is 16.5. The summed E-state index contributed by atoms with van der Waals surface area (Å²) in [6.07, 6.45) is 12.3. The van der Waals surface area contributed by atoms with Crippen molar-refractivity contribution in [2.45, 2.75) is 0 Å². The van der Waals surface area contributed by atoms with Crippen molar-refractivity contribution in [2.75, 3.05) is 7.11 Å². The fourth-order valence-corrected chi connectivity index (χ4v) is 3.78. The Morgan fingerprint density at radius 3 is 2.68 bits per heavy atom. The minimum absolute atomic E-state index is 0.640. The second-order valence-corrected chi connectivity index (χ2v) is 7.15. The molecule has 8 heteroatoms. The van der Waals surface area contributed by atoms with Crippen molar-refractivity contribution in [1.82, 2.24) is 30.1 Å². The largest absolute Gasteiger partial charge is 0.495 e. The van der Waals surface area contributed by atoms with E-state index in [-0.39, 0.29) is 0 Å². The highest BCUT2D eigenvalue weighted by atomic mass is 16.5. The van der Waals surface area contributed by atoms with Gasteiger partial charge in [-0.25, -0.2) is 4.98 Å². The van der Waals surface area contributed by atoms with Gasteiger partial charge in [0, 0.05) is 51.6 Å². The number of hydrogen-bond acceptors (Lipinski definition) is 6. The third-order valence-corrected chi connectivity index (χ3v) is 5.34. The number of aromatic nitrogens is 6. The van der Waals surface area contributed by atoms with Crippen LogP contribution in [0.25, 0.3) is 55.6 Å². The predicted octanol–water partition coefficient (Wildman–Crippen LogP) is 4.83. The smallest absolute Gasteiger partial charge is 0.181 e. The fraction of sp³-hybridized carbons (Fsp3) is 0.0435. The van der Waals surface area contributed by atoms with Gasteiger partial charge in [0.25, 0.3) is 0 Å². The first-order valence-electron chi connectivity index (χ1n) is 9.63. The maximum atomic E-state index is 5.30. The Bertz CT molecular complexity index is 1530. The Kier molecular flexibility index (Phi) is 3.82. The molecule has 0 unspecified atom stereocenters. The molecule has 150 valence electrons. The highest BCUT2D eigenvalue weighted by Crippen LogP contribution is 2.34. The molecule has 0 radical (unpaired) electrons. The van der Waals surface area contributed by atoms with E-state index in [1.54, 1.807) is 38.2 Å². The average Bonchev–Trinajstić information content (AvgIpc) is 3.57. The first kappa shape index (κ1) is 17.4. The number of fused-ring (bicyclic) bond motifs is 2. The van der Waals surface area contributed by atoms with Gasteiger partial charge in [0.05, 0.1) is 48.9 Å². The molecule has 0 atom stereocenters. The van der Waals surface area contributed by atoms with Crippen LogP contribution in [0.4, 0.5) is 0 Å². The molecule has 6 aromatic heterocycles. The number of pyridine rings is 3. The van der Waals surface area contributed by atoms with Gasteiger partial charge in [-0.3, -0.25) is 15.1 Å². The molecule has 0 spiro atoms. The Hall–Kier alpha value is -4.46. The number of rotatable bonds is 4. The van der Waals surface area contributed by atoms with Crippen LogP contribution in [0.2, 0.25) is 0 Å². The van der Waals surface area contributed by atoms with Gasteiger partial charge in [0.2, 0.25) is 0 Å². The summed E-state index contributed by atoms with van der Waals surface area (Å²) in [4.78, 5) is 16.6. The highest BCUT2D eigenvalue weighted by molar-refractivity contribution is 6.00. The topological polar surface area (TPSA) is 106 Å². The minimum atomic E-state index is 0.640. The number of ether oxygens (including phenoxy) is 1. The van der Waals surface area contributed by atoms with Crippen LogP contribution in [0.1, 0.15) is 0 Å². The van der Waals surface area contributed by atoms with E-state index in [9.17, 15) is 0 Å². The van der Waals surface area contributed by atoms with Crippen molar-refractivity contribution in [3.05, 3.63) is 67.8 Å². The molecular formula is C23H16N6O2. The highest BCUT2D eigenvalue weighted by Gasteiger charge is 2.15. The molecule has 0 bridgehead atoms. The van der Waals surface area contributed by atoms with E-state index >= 15 is 0 Å².